The van der Waals surface area contributed by atoms with Gasteiger partial charge in [0.05, 0.1) is 19.8 Å². The van der Waals surface area contributed by atoms with Crippen molar-refractivity contribution in [1.29, 1.82) is 5.26 Å². The van der Waals surface area contributed by atoms with Crippen molar-refractivity contribution in [3.8, 4) is 17.6 Å². The van der Waals surface area contributed by atoms with Crippen molar-refractivity contribution in [3.63, 3.8) is 0 Å². The lowest BCUT2D eigenvalue weighted by Crippen LogP contribution is -2.12. The maximum Gasteiger partial charge on any atom is 0.349 e. The van der Waals surface area contributed by atoms with E-state index in [1.807, 2.05) is 13.0 Å². The van der Waals surface area contributed by atoms with E-state index in [9.17, 15) is 4.79 Å². The fourth-order valence-electron chi connectivity index (χ4n) is 1.69. The predicted octanol–water partition coefficient (Wildman–Crippen LogP) is 3.34. The van der Waals surface area contributed by atoms with E-state index in [4.69, 9.17) is 19.5 Å². The molecule has 1 aromatic rings. The summed E-state index contributed by atoms with van der Waals surface area (Å²) in [6.07, 6.45) is 2.09. The Kier molecular flexibility index (Phi) is 6.97. The summed E-state index contributed by atoms with van der Waals surface area (Å²) in [6, 6.07) is 7.08. The Morgan fingerprint density at radius 3 is 2.64 bits per heavy atom. The van der Waals surface area contributed by atoms with Crippen LogP contribution >= 0.6 is 0 Å². The summed E-state index contributed by atoms with van der Waals surface area (Å²) in [5.41, 5.74) is 0.607. The zero-order valence-electron chi connectivity index (χ0n) is 13.4. The minimum absolute atomic E-state index is 0.0574. The first-order valence-electron chi connectivity index (χ1n) is 7.15. The summed E-state index contributed by atoms with van der Waals surface area (Å²) in [5, 5.41) is 9.09. The second-order valence-corrected chi connectivity index (χ2v) is 4.88. The number of ether oxygens (including phenoxy) is 3. The van der Waals surface area contributed by atoms with Gasteiger partial charge in [0.15, 0.2) is 11.5 Å². The molecule has 0 aliphatic rings. The standard InChI is InChI=1S/C17H21NO4/c1-5-8-21-15-7-6-13(10-16(15)20-4)9-14(11-18)17(19)22-12(2)3/h6-7,9-10,12H,5,8H2,1-4H3. The van der Waals surface area contributed by atoms with Crippen LogP contribution in [0.4, 0.5) is 0 Å². The van der Waals surface area contributed by atoms with Crippen molar-refractivity contribution < 1.29 is 19.0 Å². The molecule has 0 aliphatic heterocycles. The lowest BCUT2D eigenvalue weighted by atomic mass is 10.1. The highest BCUT2D eigenvalue weighted by molar-refractivity contribution is 5.98. The van der Waals surface area contributed by atoms with Crippen LogP contribution in [0, 0.1) is 11.3 Å². The summed E-state index contributed by atoms with van der Waals surface area (Å²) < 4.78 is 15.9. The van der Waals surface area contributed by atoms with E-state index in [1.165, 1.54) is 6.08 Å². The number of nitrogens with zero attached hydrogens (tertiary/aromatic N) is 1. The number of nitriles is 1. The fraction of sp³-hybridized carbons (Fsp3) is 0.412. The molecule has 22 heavy (non-hydrogen) atoms. The van der Waals surface area contributed by atoms with E-state index in [2.05, 4.69) is 0 Å². The topological polar surface area (TPSA) is 68.5 Å². The van der Waals surface area contributed by atoms with Gasteiger partial charge in [-0.25, -0.2) is 4.79 Å². The highest BCUT2D eigenvalue weighted by Crippen LogP contribution is 2.29. The maximum atomic E-state index is 11.8. The molecule has 118 valence electrons. The Hall–Kier alpha value is -2.48. The third kappa shape index (κ3) is 5.13. The zero-order chi connectivity index (χ0) is 16.5. The number of esters is 1. The molecule has 5 heteroatoms. The summed E-state index contributed by atoms with van der Waals surface area (Å²) in [6.45, 7) is 6.07. The lowest BCUT2D eigenvalue weighted by Gasteiger charge is -2.11. The number of rotatable bonds is 7. The Bertz CT molecular complexity index is 585. The molecular weight excluding hydrogens is 282 g/mol. The van der Waals surface area contributed by atoms with Gasteiger partial charge in [-0.3, -0.25) is 0 Å². The molecule has 0 unspecified atom stereocenters. The smallest absolute Gasteiger partial charge is 0.349 e. The number of carbonyl (C=O) groups is 1. The first kappa shape index (κ1) is 17.6. The Morgan fingerprint density at radius 1 is 1.36 bits per heavy atom. The van der Waals surface area contributed by atoms with Crippen LogP contribution in [0.5, 0.6) is 11.5 Å². The van der Waals surface area contributed by atoms with Crippen LogP contribution in [0.2, 0.25) is 0 Å². The van der Waals surface area contributed by atoms with Crippen molar-refractivity contribution in [2.45, 2.75) is 33.3 Å². The molecule has 0 N–H and O–H groups in total. The van der Waals surface area contributed by atoms with Gasteiger partial charge in [0.1, 0.15) is 11.6 Å². The molecule has 0 saturated heterocycles. The Morgan fingerprint density at radius 2 is 2.09 bits per heavy atom. The van der Waals surface area contributed by atoms with Crippen molar-refractivity contribution in [2.75, 3.05) is 13.7 Å². The second-order valence-electron chi connectivity index (χ2n) is 4.88. The highest BCUT2D eigenvalue weighted by atomic mass is 16.5. The molecule has 0 bridgehead atoms. The number of hydrogen-bond acceptors (Lipinski definition) is 5. The van der Waals surface area contributed by atoms with Gasteiger partial charge < -0.3 is 14.2 Å². The van der Waals surface area contributed by atoms with Gasteiger partial charge in [-0.1, -0.05) is 13.0 Å². The van der Waals surface area contributed by atoms with Crippen molar-refractivity contribution >= 4 is 12.0 Å². The molecule has 0 radical (unpaired) electrons. The average Bonchev–Trinajstić information content (AvgIpc) is 2.50. The normalized spacial score (nSPS) is 11.0. The van der Waals surface area contributed by atoms with Crippen LogP contribution < -0.4 is 9.47 Å². The van der Waals surface area contributed by atoms with E-state index in [0.717, 1.165) is 6.42 Å². The summed E-state index contributed by atoms with van der Waals surface area (Å²) in [7, 11) is 1.54. The molecule has 0 amide bonds. The monoisotopic (exact) mass is 303 g/mol. The third-order valence-corrected chi connectivity index (χ3v) is 2.64. The van der Waals surface area contributed by atoms with Crippen LogP contribution in [-0.2, 0) is 9.53 Å². The number of hydrogen-bond donors (Lipinski definition) is 0. The minimum Gasteiger partial charge on any atom is -0.493 e. The molecule has 0 spiro atoms. The number of methoxy groups -OCH3 is 1. The van der Waals surface area contributed by atoms with Gasteiger partial charge >= 0.3 is 5.97 Å². The van der Waals surface area contributed by atoms with Crippen LogP contribution in [0.1, 0.15) is 32.8 Å². The second kappa shape index (κ2) is 8.73. The highest BCUT2D eigenvalue weighted by Gasteiger charge is 2.13. The van der Waals surface area contributed by atoms with E-state index in [-0.39, 0.29) is 11.7 Å². The molecular formula is C17H21NO4. The SMILES string of the molecule is CCCOc1ccc(C=C(C#N)C(=O)OC(C)C)cc1OC. The number of carbonyl (C=O) groups excluding carboxylic acids is 1. The Labute approximate surface area is 131 Å². The molecule has 5 nitrogen and oxygen atoms in total. The van der Waals surface area contributed by atoms with Gasteiger partial charge in [0, 0.05) is 0 Å². The van der Waals surface area contributed by atoms with Gasteiger partial charge in [-0.15, -0.1) is 0 Å². The average molecular weight is 303 g/mol. The van der Waals surface area contributed by atoms with Gasteiger partial charge in [0.2, 0.25) is 0 Å². The molecule has 0 aromatic heterocycles. The lowest BCUT2D eigenvalue weighted by molar-refractivity contribution is -0.142. The largest absolute Gasteiger partial charge is 0.493 e. The van der Waals surface area contributed by atoms with E-state index in [0.29, 0.717) is 23.7 Å². The van der Waals surface area contributed by atoms with Gasteiger partial charge in [0.25, 0.3) is 0 Å². The van der Waals surface area contributed by atoms with Crippen LogP contribution in [-0.4, -0.2) is 25.8 Å². The third-order valence-electron chi connectivity index (χ3n) is 2.64. The predicted molar refractivity (Wildman–Crippen MR) is 83.6 cm³/mol. The van der Waals surface area contributed by atoms with E-state index >= 15 is 0 Å². The summed E-state index contributed by atoms with van der Waals surface area (Å²) in [4.78, 5) is 11.8. The minimum atomic E-state index is -0.636. The van der Waals surface area contributed by atoms with Crippen LogP contribution in [0.15, 0.2) is 23.8 Å². The van der Waals surface area contributed by atoms with Crippen LogP contribution in [0.3, 0.4) is 0 Å². The molecule has 1 rings (SSSR count). The molecule has 0 atom stereocenters. The summed E-state index contributed by atoms with van der Waals surface area (Å²) >= 11 is 0. The molecule has 0 saturated carbocycles. The molecule has 1 aromatic carbocycles. The van der Waals surface area contributed by atoms with Crippen molar-refractivity contribution in [1.82, 2.24) is 0 Å². The first-order valence-corrected chi connectivity index (χ1v) is 7.15. The number of benzene rings is 1. The summed E-state index contributed by atoms with van der Waals surface area (Å²) in [5.74, 6) is 0.546. The van der Waals surface area contributed by atoms with Crippen molar-refractivity contribution in [2.24, 2.45) is 0 Å². The Balaban J connectivity index is 3.03. The maximum absolute atomic E-state index is 11.8. The first-order chi connectivity index (χ1) is 10.5. The fourth-order valence-corrected chi connectivity index (χ4v) is 1.69. The van der Waals surface area contributed by atoms with Gasteiger partial charge in [-0.05, 0) is 44.0 Å². The molecule has 0 aliphatic carbocycles. The van der Waals surface area contributed by atoms with Crippen molar-refractivity contribution in [3.05, 3.63) is 29.3 Å². The quantitative estimate of drug-likeness (QED) is 0.439. The zero-order valence-corrected chi connectivity index (χ0v) is 13.4. The van der Waals surface area contributed by atoms with Crippen LogP contribution in [0.25, 0.3) is 6.08 Å². The van der Waals surface area contributed by atoms with E-state index in [1.54, 1.807) is 39.2 Å². The van der Waals surface area contributed by atoms with Gasteiger partial charge in [-0.2, -0.15) is 5.26 Å². The molecule has 0 heterocycles. The van der Waals surface area contributed by atoms with E-state index < -0.39 is 5.97 Å². The molecule has 0 fully saturated rings.